The number of rotatable bonds is 3. The summed E-state index contributed by atoms with van der Waals surface area (Å²) in [6, 6.07) is 5.63. The van der Waals surface area contributed by atoms with E-state index in [0.29, 0.717) is 5.02 Å². The molecule has 90 valence electrons. The minimum absolute atomic E-state index is 0.0892. The van der Waals surface area contributed by atoms with E-state index < -0.39 is 0 Å². The molecule has 1 aromatic carbocycles. The number of hydrogen-bond acceptors (Lipinski definition) is 2. The Morgan fingerprint density at radius 3 is 2.88 bits per heavy atom. The van der Waals surface area contributed by atoms with Crippen LogP contribution in [0.15, 0.2) is 24.4 Å². The molecule has 0 aliphatic rings. The Bertz CT molecular complexity index is 527. The molecular formula is C11H10Cl2IN3. The van der Waals surface area contributed by atoms with Crippen molar-refractivity contribution in [3.63, 3.8) is 0 Å². The Labute approximate surface area is 123 Å². The summed E-state index contributed by atoms with van der Waals surface area (Å²) in [7, 11) is 0. The van der Waals surface area contributed by atoms with Gasteiger partial charge in [-0.25, -0.2) is 4.68 Å². The molecule has 1 atom stereocenters. The summed E-state index contributed by atoms with van der Waals surface area (Å²) < 4.78 is 2.74. The van der Waals surface area contributed by atoms with Crippen LogP contribution < -0.4 is 0 Å². The van der Waals surface area contributed by atoms with Crippen LogP contribution in [0.2, 0.25) is 5.02 Å². The molecular weight excluding hydrogens is 372 g/mol. The summed E-state index contributed by atoms with van der Waals surface area (Å²) >= 11 is 14.2. The van der Waals surface area contributed by atoms with E-state index in [9.17, 15) is 0 Å². The predicted molar refractivity (Wildman–Crippen MR) is 78.0 cm³/mol. The lowest BCUT2D eigenvalue weighted by Gasteiger charge is -2.03. The van der Waals surface area contributed by atoms with Gasteiger partial charge >= 0.3 is 0 Å². The highest BCUT2D eigenvalue weighted by Crippen LogP contribution is 2.24. The lowest BCUT2D eigenvalue weighted by molar-refractivity contribution is 0.783. The normalized spacial score (nSPS) is 12.7. The Kier molecular flexibility index (Phi) is 4.27. The topological polar surface area (TPSA) is 30.7 Å². The fourth-order valence-corrected chi connectivity index (χ4v) is 2.63. The standard InChI is InChI=1S/C11H10Cl2IN3/c1-2-8(13)10-6-17(16-15-10)11-4-3-7(12)5-9(11)14/h3-6,8H,2H2,1H3. The van der Waals surface area contributed by atoms with E-state index >= 15 is 0 Å². The average Bonchev–Trinajstić information content (AvgIpc) is 2.77. The van der Waals surface area contributed by atoms with Gasteiger partial charge in [-0.3, -0.25) is 0 Å². The summed E-state index contributed by atoms with van der Waals surface area (Å²) in [4.78, 5) is 0. The van der Waals surface area contributed by atoms with E-state index in [4.69, 9.17) is 23.2 Å². The van der Waals surface area contributed by atoms with Gasteiger partial charge < -0.3 is 0 Å². The van der Waals surface area contributed by atoms with Crippen LogP contribution in [0.25, 0.3) is 5.69 Å². The molecule has 0 fully saturated rings. The molecule has 0 radical (unpaired) electrons. The minimum atomic E-state index is -0.0892. The van der Waals surface area contributed by atoms with Crippen molar-refractivity contribution in [3.8, 4) is 5.69 Å². The van der Waals surface area contributed by atoms with E-state index in [-0.39, 0.29) is 5.38 Å². The van der Waals surface area contributed by atoms with Crippen LogP contribution in [0.4, 0.5) is 0 Å². The number of benzene rings is 1. The lowest BCUT2D eigenvalue weighted by Crippen LogP contribution is -1.97. The zero-order chi connectivity index (χ0) is 12.4. The monoisotopic (exact) mass is 381 g/mol. The number of aromatic nitrogens is 3. The van der Waals surface area contributed by atoms with Crippen molar-refractivity contribution >= 4 is 45.8 Å². The van der Waals surface area contributed by atoms with Crippen molar-refractivity contribution in [1.29, 1.82) is 0 Å². The fraction of sp³-hybridized carbons (Fsp3) is 0.273. The van der Waals surface area contributed by atoms with Crippen molar-refractivity contribution in [1.82, 2.24) is 15.0 Å². The molecule has 1 heterocycles. The molecule has 0 aliphatic heterocycles. The van der Waals surface area contributed by atoms with Gasteiger partial charge in [-0.15, -0.1) is 16.7 Å². The van der Waals surface area contributed by atoms with Crippen LogP contribution in [-0.4, -0.2) is 15.0 Å². The third-order valence-electron chi connectivity index (χ3n) is 2.35. The minimum Gasteiger partial charge on any atom is -0.219 e. The number of halogens is 3. The van der Waals surface area contributed by atoms with Crippen molar-refractivity contribution in [2.75, 3.05) is 0 Å². The van der Waals surface area contributed by atoms with Crippen LogP contribution in [-0.2, 0) is 0 Å². The van der Waals surface area contributed by atoms with E-state index in [0.717, 1.165) is 21.4 Å². The summed E-state index contributed by atoms with van der Waals surface area (Å²) in [5.41, 5.74) is 1.74. The van der Waals surface area contributed by atoms with E-state index in [1.165, 1.54) is 0 Å². The van der Waals surface area contributed by atoms with E-state index in [1.807, 2.05) is 31.3 Å². The predicted octanol–water partition coefficient (Wildman–Crippen LogP) is 4.22. The molecule has 6 heteroatoms. The zero-order valence-corrected chi connectivity index (χ0v) is 12.7. The van der Waals surface area contributed by atoms with Crippen LogP contribution in [0, 0.1) is 3.57 Å². The van der Waals surface area contributed by atoms with Gasteiger partial charge in [-0.05, 0) is 47.2 Å². The fourth-order valence-electron chi connectivity index (χ4n) is 1.41. The molecule has 1 unspecified atom stereocenters. The second kappa shape index (κ2) is 5.54. The molecule has 3 nitrogen and oxygen atoms in total. The first kappa shape index (κ1) is 13.1. The van der Waals surface area contributed by atoms with Gasteiger partial charge in [-0.1, -0.05) is 23.7 Å². The van der Waals surface area contributed by atoms with Gasteiger partial charge in [0, 0.05) is 8.59 Å². The average molecular weight is 382 g/mol. The maximum atomic E-state index is 6.12. The highest BCUT2D eigenvalue weighted by atomic mass is 127. The zero-order valence-electron chi connectivity index (χ0n) is 9.07. The van der Waals surface area contributed by atoms with Crippen molar-refractivity contribution in [2.45, 2.75) is 18.7 Å². The molecule has 0 saturated carbocycles. The van der Waals surface area contributed by atoms with Gasteiger partial charge in [-0.2, -0.15) is 0 Å². The van der Waals surface area contributed by atoms with Crippen LogP contribution in [0.1, 0.15) is 24.4 Å². The molecule has 2 rings (SSSR count). The molecule has 0 saturated heterocycles. The van der Waals surface area contributed by atoms with Gasteiger partial charge in [0.15, 0.2) is 0 Å². The summed E-state index contributed by atoms with van der Waals surface area (Å²) in [5, 5.41) is 8.77. The van der Waals surface area contributed by atoms with Crippen molar-refractivity contribution < 1.29 is 0 Å². The maximum Gasteiger partial charge on any atom is 0.101 e. The van der Waals surface area contributed by atoms with Gasteiger partial charge in [0.05, 0.1) is 17.3 Å². The van der Waals surface area contributed by atoms with Crippen molar-refractivity contribution in [3.05, 3.63) is 38.7 Å². The molecule has 17 heavy (non-hydrogen) atoms. The highest BCUT2D eigenvalue weighted by Gasteiger charge is 2.12. The second-order valence-electron chi connectivity index (χ2n) is 3.56. The van der Waals surface area contributed by atoms with Crippen LogP contribution in [0.3, 0.4) is 0 Å². The Balaban J connectivity index is 2.37. The Morgan fingerprint density at radius 2 is 2.24 bits per heavy atom. The van der Waals surface area contributed by atoms with Crippen molar-refractivity contribution in [2.24, 2.45) is 0 Å². The molecule has 0 N–H and O–H groups in total. The Morgan fingerprint density at radius 1 is 1.47 bits per heavy atom. The number of alkyl halides is 1. The second-order valence-corrected chi connectivity index (χ2v) is 5.68. The number of nitrogens with zero attached hydrogens (tertiary/aromatic N) is 3. The first-order valence-corrected chi connectivity index (χ1v) is 7.03. The largest absolute Gasteiger partial charge is 0.219 e. The third kappa shape index (κ3) is 2.92. The number of hydrogen-bond donors (Lipinski definition) is 0. The summed E-state index contributed by atoms with van der Waals surface area (Å²) in [5.74, 6) is 0. The van der Waals surface area contributed by atoms with E-state index in [2.05, 4.69) is 32.9 Å². The molecule has 0 spiro atoms. The smallest absolute Gasteiger partial charge is 0.101 e. The quantitative estimate of drug-likeness (QED) is 0.588. The third-order valence-corrected chi connectivity index (χ3v) is 3.98. The Hall–Kier alpha value is -0.330. The molecule has 0 amide bonds. The van der Waals surface area contributed by atoms with E-state index in [1.54, 1.807) is 4.68 Å². The van der Waals surface area contributed by atoms with Crippen LogP contribution in [0.5, 0.6) is 0 Å². The first-order valence-electron chi connectivity index (χ1n) is 5.13. The lowest BCUT2D eigenvalue weighted by atomic mass is 10.2. The summed E-state index contributed by atoms with van der Waals surface area (Å²) in [6.45, 7) is 2.02. The first-order chi connectivity index (χ1) is 8.11. The highest BCUT2D eigenvalue weighted by molar-refractivity contribution is 14.1. The maximum absolute atomic E-state index is 6.12. The summed E-state index contributed by atoms with van der Waals surface area (Å²) in [6.07, 6.45) is 2.69. The SMILES string of the molecule is CCC(Cl)c1cn(-c2ccc(Cl)cc2I)nn1. The molecule has 1 aromatic heterocycles. The van der Waals surface area contributed by atoms with Gasteiger partial charge in [0.25, 0.3) is 0 Å². The molecule has 0 bridgehead atoms. The van der Waals surface area contributed by atoms with Gasteiger partial charge in [0.1, 0.15) is 5.69 Å². The molecule has 0 aliphatic carbocycles. The van der Waals surface area contributed by atoms with Gasteiger partial charge in [0.2, 0.25) is 0 Å². The van der Waals surface area contributed by atoms with Crippen LogP contribution >= 0.6 is 45.8 Å². The molecule has 2 aromatic rings.